The molecule has 0 saturated heterocycles. The van der Waals surface area contributed by atoms with E-state index in [1.54, 1.807) is 7.11 Å². The summed E-state index contributed by atoms with van der Waals surface area (Å²) in [6.07, 6.45) is 1.06. The minimum absolute atomic E-state index is 0.834. The molecule has 0 spiro atoms. The molecule has 2 rings (SSSR count). The van der Waals surface area contributed by atoms with E-state index in [0.29, 0.717) is 0 Å². The van der Waals surface area contributed by atoms with Gasteiger partial charge in [-0.1, -0.05) is 44.2 Å². The van der Waals surface area contributed by atoms with Gasteiger partial charge in [-0.05, 0) is 41.8 Å². The number of hydrogen-bond donors (Lipinski definition) is 1. The molecule has 2 aromatic carbocycles. The van der Waals surface area contributed by atoms with Gasteiger partial charge in [0.25, 0.3) is 0 Å². The molecule has 0 bridgehead atoms. The molecular weight excluding hydrogens is 246 g/mol. The maximum atomic E-state index is 5.44. The first kappa shape index (κ1) is 14.6. The predicted molar refractivity (Wildman–Crippen MR) is 85.2 cm³/mol. The Kier molecular flexibility index (Phi) is 5.19. The van der Waals surface area contributed by atoms with Crippen LogP contribution in [0.1, 0.15) is 25.0 Å². The molecular formula is C18H23NO. The first-order chi connectivity index (χ1) is 9.78. The lowest BCUT2D eigenvalue weighted by Gasteiger charge is -2.12. The molecule has 0 aliphatic rings. The number of methoxy groups -OCH3 is 1. The van der Waals surface area contributed by atoms with Crippen molar-refractivity contribution in [3.05, 3.63) is 53.6 Å². The van der Waals surface area contributed by atoms with E-state index in [9.17, 15) is 0 Å². The van der Waals surface area contributed by atoms with E-state index in [0.717, 1.165) is 25.3 Å². The fourth-order valence-electron chi connectivity index (χ4n) is 2.33. The molecule has 106 valence electrons. The Bertz CT molecular complexity index is 563. The van der Waals surface area contributed by atoms with Gasteiger partial charge in [-0.15, -0.1) is 0 Å². The zero-order chi connectivity index (χ0) is 14.4. The second kappa shape index (κ2) is 7.11. The second-order valence-electron chi connectivity index (χ2n) is 4.86. The Labute approximate surface area is 121 Å². The summed E-state index contributed by atoms with van der Waals surface area (Å²) in [7, 11) is 1.72. The summed E-state index contributed by atoms with van der Waals surface area (Å²) in [6.45, 7) is 6.09. The highest BCUT2D eigenvalue weighted by molar-refractivity contribution is 5.66. The topological polar surface area (TPSA) is 21.3 Å². The molecule has 0 heterocycles. The molecule has 0 saturated carbocycles. The van der Waals surface area contributed by atoms with Crippen LogP contribution < -0.4 is 10.1 Å². The van der Waals surface area contributed by atoms with Gasteiger partial charge in [0.15, 0.2) is 0 Å². The lowest BCUT2D eigenvalue weighted by Crippen LogP contribution is -2.12. The maximum absolute atomic E-state index is 5.44. The molecule has 2 nitrogen and oxygen atoms in total. The minimum Gasteiger partial charge on any atom is -0.496 e. The fraction of sp³-hybridized carbons (Fsp3) is 0.333. The third-order valence-corrected chi connectivity index (χ3v) is 3.51. The van der Waals surface area contributed by atoms with Crippen LogP contribution >= 0.6 is 0 Å². The molecule has 2 aromatic rings. The normalized spacial score (nSPS) is 10.6. The largest absolute Gasteiger partial charge is 0.496 e. The Hall–Kier alpha value is -1.80. The second-order valence-corrected chi connectivity index (χ2v) is 4.86. The number of aryl methyl sites for hydroxylation is 1. The van der Waals surface area contributed by atoms with Gasteiger partial charge in [0, 0.05) is 12.1 Å². The highest BCUT2D eigenvalue weighted by atomic mass is 16.5. The van der Waals surface area contributed by atoms with Crippen molar-refractivity contribution in [2.75, 3.05) is 13.7 Å². The molecule has 0 amide bonds. The third kappa shape index (κ3) is 3.40. The summed E-state index contributed by atoms with van der Waals surface area (Å²) >= 11 is 0. The summed E-state index contributed by atoms with van der Waals surface area (Å²) in [6, 6.07) is 15.1. The average molecular weight is 269 g/mol. The van der Waals surface area contributed by atoms with Crippen molar-refractivity contribution in [2.45, 2.75) is 26.8 Å². The number of rotatable bonds is 6. The first-order valence-corrected chi connectivity index (χ1v) is 7.25. The van der Waals surface area contributed by atoms with Gasteiger partial charge < -0.3 is 10.1 Å². The standard InChI is InChI=1S/C18H23NO/c1-4-14-7-6-8-15(11-14)16-9-10-18(20-3)17(12-16)13-19-5-2/h6-12,19H,4-5,13H2,1-3H3. The quantitative estimate of drug-likeness (QED) is 0.854. The monoisotopic (exact) mass is 269 g/mol. The number of hydrogen-bond acceptors (Lipinski definition) is 2. The molecule has 0 aromatic heterocycles. The van der Waals surface area contributed by atoms with Crippen LogP contribution in [0, 0.1) is 0 Å². The van der Waals surface area contributed by atoms with Crippen molar-refractivity contribution in [1.29, 1.82) is 0 Å². The van der Waals surface area contributed by atoms with E-state index < -0.39 is 0 Å². The van der Waals surface area contributed by atoms with E-state index in [-0.39, 0.29) is 0 Å². The van der Waals surface area contributed by atoms with Crippen LogP contribution in [0.5, 0.6) is 5.75 Å². The molecule has 20 heavy (non-hydrogen) atoms. The molecule has 0 aliphatic heterocycles. The van der Waals surface area contributed by atoms with Crippen molar-refractivity contribution >= 4 is 0 Å². The lowest BCUT2D eigenvalue weighted by molar-refractivity contribution is 0.408. The van der Waals surface area contributed by atoms with Gasteiger partial charge in [-0.2, -0.15) is 0 Å². The van der Waals surface area contributed by atoms with Gasteiger partial charge >= 0.3 is 0 Å². The van der Waals surface area contributed by atoms with Gasteiger partial charge in [-0.25, -0.2) is 0 Å². The van der Waals surface area contributed by atoms with E-state index in [2.05, 4.69) is 61.6 Å². The summed E-state index contributed by atoms with van der Waals surface area (Å²) < 4.78 is 5.44. The fourth-order valence-corrected chi connectivity index (χ4v) is 2.33. The molecule has 1 N–H and O–H groups in total. The highest BCUT2D eigenvalue weighted by Gasteiger charge is 2.06. The Morgan fingerprint density at radius 1 is 1.00 bits per heavy atom. The Morgan fingerprint density at radius 2 is 1.80 bits per heavy atom. The van der Waals surface area contributed by atoms with Crippen LogP contribution in [-0.2, 0) is 13.0 Å². The average Bonchev–Trinajstić information content (AvgIpc) is 2.52. The highest BCUT2D eigenvalue weighted by Crippen LogP contribution is 2.27. The van der Waals surface area contributed by atoms with Crippen LogP contribution in [-0.4, -0.2) is 13.7 Å². The minimum atomic E-state index is 0.834. The van der Waals surface area contributed by atoms with Crippen LogP contribution in [0.2, 0.25) is 0 Å². The molecule has 0 aliphatic carbocycles. The van der Waals surface area contributed by atoms with Gasteiger partial charge in [0.2, 0.25) is 0 Å². The molecule has 0 unspecified atom stereocenters. The first-order valence-electron chi connectivity index (χ1n) is 7.25. The maximum Gasteiger partial charge on any atom is 0.123 e. The van der Waals surface area contributed by atoms with Crippen molar-refractivity contribution < 1.29 is 4.74 Å². The van der Waals surface area contributed by atoms with Gasteiger partial charge in [-0.3, -0.25) is 0 Å². The van der Waals surface area contributed by atoms with Crippen LogP contribution in [0.25, 0.3) is 11.1 Å². The number of ether oxygens (including phenoxy) is 1. The van der Waals surface area contributed by atoms with Crippen LogP contribution in [0.4, 0.5) is 0 Å². The van der Waals surface area contributed by atoms with E-state index in [1.807, 2.05) is 0 Å². The van der Waals surface area contributed by atoms with Crippen molar-refractivity contribution in [2.24, 2.45) is 0 Å². The lowest BCUT2D eigenvalue weighted by atomic mass is 10.00. The van der Waals surface area contributed by atoms with Gasteiger partial charge in [0.1, 0.15) is 5.75 Å². The Balaban J connectivity index is 2.36. The van der Waals surface area contributed by atoms with E-state index in [4.69, 9.17) is 4.74 Å². The Morgan fingerprint density at radius 3 is 2.50 bits per heavy atom. The number of benzene rings is 2. The molecule has 2 heteroatoms. The molecule has 0 fully saturated rings. The third-order valence-electron chi connectivity index (χ3n) is 3.51. The summed E-state index contributed by atoms with van der Waals surface area (Å²) in [4.78, 5) is 0. The zero-order valence-electron chi connectivity index (χ0n) is 12.6. The SMILES string of the molecule is CCNCc1cc(-c2cccc(CC)c2)ccc1OC. The summed E-state index contributed by atoms with van der Waals surface area (Å²) in [5.74, 6) is 0.946. The van der Waals surface area contributed by atoms with Crippen molar-refractivity contribution in [1.82, 2.24) is 5.32 Å². The van der Waals surface area contributed by atoms with E-state index >= 15 is 0 Å². The predicted octanol–water partition coefficient (Wildman–Crippen LogP) is 4.03. The molecule has 0 atom stereocenters. The zero-order valence-corrected chi connectivity index (χ0v) is 12.6. The van der Waals surface area contributed by atoms with Crippen molar-refractivity contribution in [3.63, 3.8) is 0 Å². The number of nitrogens with one attached hydrogen (secondary N) is 1. The van der Waals surface area contributed by atoms with E-state index in [1.165, 1.54) is 22.3 Å². The summed E-state index contributed by atoms with van der Waals surface area (Å²) in [5.41, 5.74) is 5.08. The van der Waals surface area contributed by atoms with Crippen LogP contribution in [0.15, 0.2) is 42.5 Å². The van der Waals surface area contributed by atoms with Crippen molar-refractivity contribution in [3.8, 4) is 16.9 Å². The summed E-state index contributed by atoms with van der Waals surface area (Å²) in [5, 5.41) is 3.36. The molecule has 0 radical (unpaired) electrons. The van der Waals surface area contributed by atoms with Gasteiger partial charge in [0.05, 0.1) is 7.11 Å². The van der Waals surface area contributed by atoms with Crippen LogP contribution in [0.3, 0.4) is 0 Å². The smallest absolute Gasteiger partial charge is 0.123 e.